The van der Waals surface area contributed by atoms with Gasteiger partial charge in [0.15, 0.2) is 5.96 Å². The fraction of sp³-hybridized carbons (Fsp3) is 0.474. The summed E-state index contributed by atoms with van der Waals surface area (Å²) in [6.07, 6.45) is 6.92. The van der Waals surface area contributed by atoms with Gasteiger partial charge in [-0.2, -0.15) is 0 Å². The van der Waals surface area contributed by atoms with Gasteiger partial charge in [0.25, 0.3) is 0 Å². The number of rotatable bonds is 4. The van der Waals surface area contributed by atoms with Crippen molar-refractivity contribution in [3.8, 4) is 11.3 Å². The summed E-state index contributed by atoms with van der Waals surface area (Å²) in [6, 6.07) is 10.8. The summed E-state index contributed by atoms with van der Waals surface area (Å²) in [6.45, 7) is 2.97. The number of guanidine groups is 1. The highest BCUT2D eigenvalue weighted by Gasteiger charge is 2.18. The van der Waals surface area contributed by atoms with Gasteiger partial charge in [-0.25, -0.2) is 4.98 Å². The summed E-state index contributed by atoms with van der Waals surface area (Å²) in [5.41, 5.74) is 2.19. The molecule has 0 aliphatic heterocycles. The van der Waals surface area contributed by atoms with E-state index in [0.29, 0.717) is 12.6 Å². The maximum absolute atomic E-state index is 4.45. The minimum absolute atomic E-state index is 0. The number of aromatic nitrogens is 2. The number of hydrogen-bond acceptors (Lipinski definition) is 2. The lowest BCUT2D eigenvalue weighted by molar-refractivity contribution is 0.329. The van der Waals surface area contributed by atoms with Crippen LogP contribution in [0.15, 0.2) is 41.5 Å². The average Bonchev–Trinajstić information content (AvgIpc) is 3.10. The summed E-state index contributed by atoms with van der Waals surface area (Å²) in [5.74, 6) is 2.62. The summed E-state index contributed by atoms with van der Waals surface area (Å²) in [7, 11) is 1.82. The molecule has 0 atom stereocenters. The smallest absolute Gasteiger partial charge is 0.191 e. The Morgan fingerprint density at radius 1 is 1.20 bits per heavy atom. The molecule has 6 heteroatoms. The Morgan fingerprint density at radius 2 is 1.92 bits per heavy atom. The molecular formula is C19H28IN5. The quantitative estimate of drug-likeness (QED) is 0.373. The fourth-order valence-electron chi connectivity index (χ4n) is 3.18. The van der Waals surface area contributed by atoms with E-state index in [1.54, 1.807) is 0 Å². The number of aliphatic imine (C=N–C) groups is 1. The standard InChI is InChI=1S/C19H27N5.HI/c1-14-8-10-16(11-9-14)23-19(20-2)22-13-18-21-12-17(24-18)15-6-4-3-5-7-15;/h3-7,12,14,16H,8-11,13H2,1-2H3,(H,21,24)(H2,20,22,23);1H. The number of H-pyrrole nitrogens is 1. The Balaban J connectivity index is 0.00000225. The van der Waals surface area contributed by atoms with E-state index in [0.717, 1.165) is 29.0 Å². The molecule has 25 heavy (non-hydrogen) atoms. The van der Waals surface area contributed by atoms with E-state index in [2.05, 4.69) is 44.7 Å². The van der Waals surface area contributed by atoms with Crippen LogP contribution in [0.3, 0.4) is 0 Å². The predicted molar refractivity (Wildman–Crippen MR) is 114 cm³/mol. The van der Waals surface area contributed by atoms with Crippen LogP contribution in [0.2, 0.25) is 0 Å². The molecule has 0 amide bonds. The van der Waals surface area contributed by atoms with Crippen molar-refractivity contribution in [2.24, 2.45) is 10.9 Å². The molecule has 0 radical (unpaired) electrons. The molecule has 3 N–H and O–H groups in total. The SMILES string of the molecule is CN=C(NCc1ncc(-c2ccccc2)[nH]1)NC1CCC(C)CC1.I. The highest BCUT2D eigenvalue weighted by atomic mass is 127. The Kier molecular flexibility index (Phi) is 7.74. The molecule has 1 saturated carbocycles. The Bertz CT molecular complexity index is 659. The van der Waals surface area contributed by atoms with Gasteiger partial charge in [-0.05, 0) is 37.2 Å². The van der Waals surface area contributed by atoms with Gasteiger partial charge in [-0.15, -0.1) is 24.0 Å². The highest BCUT2D eigenvalue weighted by molar-refractivity contribution is 14.0. The van der Waals surface area contributed by atoms with Crippen molar-refractivity contribution in [2.45, 2.75) is 45.2 Å². The molecule has 0 saturated heterocycles. The molecule has 0 unspecified atom stereocenters. The molecule has 1 heterocycles. The van der Waals surface area contributed by atoms with Crippen molar-refractivity contribution >= 4 is 29.9 Å². The van der Waals surface area contributed by atoms with Gasteiger partial charge in [0.1, 0.15) is 5.82 Å². The zero-order chi connectivity index (χ0) is 16.8. The lowest BCUT2D eigenvalue weighted by atomic mass is 9.87. The Labute approximate surface area is 167 Å². The number of halogens is 1. The molecule has 1 aliphatic rings. The molecule has 0 spiro atoms. The normalized spacial score (nSPS) is 20.6. The van der Waals surface area contributed by atoms with Crippen LogP contribution in [0.4, 0.5) is 0 Å². The van der Waals surface area contributed by atoms with Crippen LogP contribution < -0.4 is 10.6 Å². The predicted octanol–water partition coefficient (Wildman–Crippen LogP) is 3.94. The first kappa shape index (κ1) is 19.8. The second-order valence-electron chi connectivity index (χ2n) is 6.64. The molecule has 5 nitrogen and oxygen atoms in total. The van der Waals surface area contributed by atoms with Crippen LogP contribution in [0.25, 0.3) is 11.3 Å². The van der Waals surface area contributed by atoms with Gasteiger partial charge in [-0.3, -0.25) is 4.99 Å². The second kappa shape index (κ2) is 9.79. The molecule has 1 aromatic heterocycles. The van der Waals surface area contributed by atoms with Crippen molar-refractivity contribution in [2.75, 3.05) is 7.05 Å². The van der Waals surface area contributed by atoms with Crippen LogP contribution in [-0.2, 0) is 6.54 Å². The lowest BCUT2D eigenvalue weighted by Crippen LogP contribution is -2.44. The van der Waals surface area contributed by atoms with E-state index in [4.69, 9.17) is 0 Å². The van der Waals surface area contributed by atoms with Crippen LogP contribution in [0.1, 0.15) is 38.4 Å². The monoisotopic (exact) mass is 453 g/mol. The van der Waals surface area contributed by atoms with Crippen LogP contribution in [0, 0.1) is 5.92 Å². The minimum Gasteiger partial charge on any atom is -0.354 e. The van der Waals surface area contributed by atoms with Gasteiger partial charge >= 0.3 is 0 Å². The molecule has 2 aromatic rings. The number of nitrogens with zero attached hydrogens (tertiary/aromatic N) is 2. The molecule has 1 aromatic carbocycles. The first-order chi connectivity index (χ1) is 11.7. The van der Waals surface area contributed by atoms with Crippen molar-refractivity contribution in [1.29, 1.82) is 0 Å². The highest BCUT2D eigenvalue weighted by Crippen LogP contribution is 2.23. The lowest BCUT2D eigenvalue weighted by Gasteiger charge is -2.28. The second-order valence-corrected chi connectivity index (χ2v) is 6.64. The Morgan fingerprint density at radius 3 is 2.60 bits per heavy atom. The first-order valence-electron chi connectivity index (χ1n) is 8.81. The van der Waals surface area contributed by atoms with Gasteiger partial charge in [-0.1, -0.05) is 37.3 Å². The zero-order valence-electron chi connectivity index (χ0n) is 15.0. The summed E-state index contributed by atoms with van der Waals surface area (Å²) >= 11 is 0. The van der Waals surface area contributed by atoms with Crippen molar-refractivity contribution in [3.05, 3.63) is 42.4 Å². The summed E-state index contributed by atoms with van der Waals surface area (Å²) < 4.78 is 0. The molecular weight excluding hydrogens is 425 g/mol. The number of aromatic amines is 1. The van der Waals surface area contributed by atoms with Gasteiger partial charge in [0.05, 0.1) is 18.4 Å². The molecule has 1 aliphatic carbocycles. The van der Waals surface area contributed by atoms with Gasteiger partial charge in [0, 0.05) is 13.1 Å². The minimum atomic E-state index is 0. The zero-order valence-corrected chi connectivity index (χ0v) is 17.3. The van der Waals surface area contributed by atoms with Crippen molar-refractivity contribution in [1.82, 2.24) is 20.6 Å². The third kappa shape index (κ3) is 5.73. The third-order valence-electron chi connectivity index (χ3n) is 4.72. The van der Waals surface area contributed by atoms with Crippen LogP contribution in [-0.4, -0.2) is 29.0 Å². The Hall–Kier alpha value is -1.57. The third-order valence-corrected chi connectivity index (χ3v) is 4.72. The van der Waals surface area contributed by atoms with Crippen LogP contribution >= 0.6 is 24.0 Å². The molecule has 3 rings (SSSR count). The largest absolute Gasteiger partial charge is 0.354 e. The molecule has 0 bridgehead atoms. The van der Waals surface area contributed by atoms with Crippen molar-refractivity contribution < 1.29 is 0 Å². The summed E-state index contributed by atoms with van der Waals surface area (Å²) in [5, 5.41) is 6.89. The number of nitrogens with one attached hydrogen (secondary N) is 3. The van der Waals surface area contributed by atoms with E-state index in [1.807, 2.05) is 31.4 Å². The fourth-order valence-corrected chi connectivity index (χ4v) is 3.18. The maximum Gasteiger partial charge on any atom is 0.191 e. The summed E-state index contributed by atoms with van der Waals surface area (Å²) in [4.78, 5) is 12.2. The molecule has 1 fully saturated rings. The van der Waals surface area contributed by atoms with E-state index in [-0.39, 0.29) is 24.0 Å². The topological polar surface area (TPSA) is 65.1 Å². The van der Waals surface area contributed by atoms with E-state index < -0.39 is 0 Å². The van der Waals surface area contributed by atoms with Crippen molar-refractivity contribution in [3.63, 3.8) is 0 Å². The number of imidazole rings is 1. The molecule has 136 valence electrons. The van der Waals surface area contributed by atoms with E-state index >= 15 is 0 Å². The number of benzene rings is 1. The van der Waals surface area contributed by atoms with Crippen LogP contribution in [0.5, 0.6) is 0 Å². The van der Waals surface area contributed by atoms with Gasteiger partial charge < -0.3 is 15.6 Å². The van der Waals surface area contributed by atoms with Gasteiger partial charge in [0.2, 0.25) is 0 Å². The average molecular weight is 453 g/mol. The maximum atomic E-state index is 4.45. The first-order valence-corrected chi connectivity index (χ1v) is 8.81. The van der Waals surface area contributed by atoms with E-state index in [9.17, 15) is 0 Å². The number of hydrogen-bond donors (Lipinski definition) is 3. The van der Waals surface area contributed by atoms with E-state index in [1.165, 1.54) is 25.7 Å².